The van der Waals surface area contributed by atoms with Crippen molar-refractivity contribution in [2.75, 3.05) is 6.54 Å². The van der Waals surface area contributed by atoms with Crippen molar-refractivity contribution in [2.45, 2.75) is 18.4 Å². The number of nitriles is 1. The average molecular weight is 318 g/mol. The Kier molecular flexibility index (Phi) is 4.91. The lowest BCUT2D eigenvalue weighted by Gasteiger charge is -2.20. The lowest BCUT2D eigenvalue weighted by Crippen LogP contribution is -2.30. The molecule has 0 unspecified atom stereocenters. The fourth-order valence-electron chi connectivity index (χ4n) is 2.06. The average Bonchev–Trinajstić information content (AvgIpc) is 2.52. The first-order valence-electron chi connectivity index (χ1n) is 6.72. The normalized spacial score (nSPS) is 11.4. The molecule has 114 valence electrons. The summed E-state index contributed by atoms with van der Waals surface area (Å²) in [6, 6.07) is 13.5. The zero-order valence-electron chi connectivity index (χ0n) is 12.0. The Morgan fingerprint density at radius 1 is 1.18 bits per heavy atom. The summed E-state index contributed by atoms with van der Waals surface area (Å²) in [5.74, 6) is -0.399. The predicted octanol–water partition coefficient (Wildman–Crippen LogP) is 2.91. The van der Waals surface area contributed by atoms with Crippen LogP contribution in [0.2, 0.25) is 0 Å². The number of benzene rings is 2. The van der Waals surface area contributed by atoms with Gasteiger partial charge in [0.05, 0.1) is 16.5 Å². The lowest BCUT2D eigenvalue weighted by atomic mass is 10.2. The largest absolute Gasteiger partial charge is 0.243 e. The van der Waals surface area contributed by atoms with Crippen molar-refractivity contribution >= 4 is 10.0 Å². The SMILES string of the molecule is CCN(Cc1cccc(F)c1)S(=O)(=O)c1ccc(C#N)cc1. The fourth-order valence-corrected chi connectivity index (χ4v) is 3.49. The molecule has 0 fully saturated rings. The summed E-state index contributed by atoms with van der Waals surface area (Å²) in [6.45, 7) is 2.08. The molecule has 0 aliphatic carbocycles. The summed E-state index contributed by atoms with van der Waals surface area (Å²) in [4.78, 5) is 0.116. The second-order valence-electron chi connectivity index (χ2n) is 4.70. The van der Waals surface area contributed by atoms with Crippen molar-refractivity contribution < 1.29 is 12.8 Å². The molecule has 0 aromatic heterocycles. The number of hydrogen-bond acceptors (Lipinski definition) is 3. The molecule has 0 heterocycles. The van der Waals surface area contributed by atoms with Gasteiger partial charge >= 0.3 is 0 Å². The van der Waals surface area contributed by atoms with Crippen molar-refractivity contribution in [3.63, 3.8) is 0 Å². The molecule has 2 aromatic rings. The van der Waals surface area contributed by atoms with E-state index in [1.807, 2.05) is 6.07 Å². The van der Waals surface area contributed by atoms with Gasteiger partial charge in [-0.3, -0.25) is 0 Å². The minimum Gasteiger partial charge on any atom is -0.207 e. The van der Waals surface area contributed by atoms with Crippen LogP contribution in [0.4, 0.5) is 4.39 Å². The van der Waals surface area contributed by atoms with Gasteiger partial charge in [0.25, 0.3) is 0 Å². The maximum Gasteiger partial charge on any atom is 0.243 e. The van der Waals surface area contributed by atoms with Crippen LogP contribution in [0.5, 0.6) is 0 Å². The molecule has 0 aliphatic rings. The third-order valence-corrected chi connectivity index (χ3v) is 5.16. The second kappa shape index (κ2) is 6.69. The highest BCUT2D eigenvalue weighted by Gasteiger charge is 2.23. The first kappa shape index (κ1) is 16.1. The maximum atomic E-state index is 13.2. The Morgan fingerprint density at radius 3 is 2.41 bits per heavy atom. The van der Waals surface area contributed by atoms with Gasteiger partial charge in [0.2, 0.25) is 10.0 Å². The van der Waals surface area contributed by atoms with Gasteiger partial charge in [-0.05, 0) is 42.0 Å². The van der Waals surface area contributed by atoms with Gasteiger partial charge in [0.1, 0.15) is 5.82 Å². The van der Waals surface area contributed by atoms with Crippen LogP contribution >= 0.6 is 0 Å². The number of halogens is 1. The highest BCUT2D eigenvalue weighted by atomic mass is 32.2. The van der Waals surface area contributed by atoms with Crippen LogP contribution < -0.4 is 0 Å². The van der Waals surface area contributed by atoms with E-state index in [2.05, 4.69) is 0 Å². The summed E-state index contributed by atoms with van der Waals surface area (Å²) in [6.07, 6.45) is 0. The van der Waals surface area contributed by atoms with Crippen molar-refractivity contribution in [3.05, 3.63) is 65.5 Å². The van der Waals surface area contributed by atoms with Gasteiger partial charge in [0.15, 0.2) is 0 Å². The molecular formula is C16H15FN2O2S. The van der Waals surface area contributed by atoms with Gasteiger partial charge in [0, 0.05) is 13.1 Å². The third kappa shape index (κ3) is 3.50. The molecule has 4 nitrogen and oxygen atoms in total. The molecule has 0 amide bonds. The molecular weight excluding hydrogens is 303 g/mol. The van der Waals surface area contributed by atoms with Crippen molar-refractivity contribution in [3.8, 4) is 6.07 Å². The van der Waals surface area contributed by atoms with E-state index in [1.165, 1.54) is 40.7 Å². The Labute approximate surface area is 129 Å². The molecule has 2 rings (SSSR count). The molecule has 0 spiro atoms. The van der Waals surface area contributed by atoms with Gasteiger partial charge < -0.3 is 0 Å². The van der Waals surface area contributed by atoms with Crippen LogP contribution in [-0.4, -0.2) is 19.3 Å². The Balaban J connectivity index is 2.30. The molecule has 6 heteroatoms. The molecule has 22 heavy (non-hydrogen) atoms. The number of sulfonamides is 1. The quantitative estimate of drug-likeness (QED) is 0.851. The van der Waals surface area contributed by atoms with Gasteiger partial charge in [-0.25, -0.2) is 12.8 Å². The van der Waals surface area contributed by atoms with Gasteiger partial charge in [-0.2, -0.15) is 9.57 Å². The first-order valence-corrected chi connectivity index (χ1v) is 8.16. The van der Waals surface area contributed by atoms with Crippen molar-refractivity contribution in [1.82, 2.24) is 4.31 Å². The molecule has 0 saturated carbocycles. The van der Waals surface area contributed by atoms with Crippen LogP contribution in [0.25, 0.3) is 0 Å². The molecule has 0 saturated heterocycles. The Morgan fingerprint density at radius 2 is 1.86 bits per heavy atom. The lowest BCUT2D eigenvalue weighted by molar-refractivity contribution is 0.422. The molecule has 0 bridgehead atoms. The van der Waals surface area contributed by atoms with Crippen LogP contribution in [0, 0.1) is 17.1 Å². The smallest absolute Gasteiger partial charge is 0.207 e. The predicted molar refractivity (Wildman–Crippen MR) is 80.8 cm³/mol. The van der Waals surface area contributed by atoms with E-state index in [0.717, 1.165) is 0 Å². The van der Waals surface area contributed by atoms with Crippen LogP contribution in [0.3, 0.4) is 0 Å². The highest BCUT2D eigenvalue weighted by molar-refractivity contribution is 7.89. The summed E-state index contributed by atoms with van der Waals surface area (Å²) in [7, 11) is -3.69. The zero-order chi connectivity index (χ0) is 16.2. The second-order valence-corrected chi connectivity index (χ2v) is 6.64. The van der Waals surface area contributed by atoms with E-state index in [0.29, 0.717) is 11.1 Å². The summed E-state index contributed by atoms with van der Waals surface area (Å²) in [5, 5.41) is 8.76. The van der Waals surface area contributed by atoms with Gasteiger partial charge in [-0.1, -0.05) is 19.1 Å². The first-order chi connectivity index (χ1) is 10.5. The third-order valence-electron chi connectivity index (χ3n) is 3.22. The van der Waals surface area contributed by atoms with E-state index in [1.54, 1.807) is 19.1 Å². The van der Waals surface area contributed by atoms with Crippen LogP contribution in [0.15, 0.2) is 53.4 Å². The monoisotopic (exact) mass is 318 g/mol. The minimum absolute atomic E-state index is 0.0938. The Hall–Kier alpha value is -2.23. The van der Waals surface area contributed by atoms with Crippen molar-refractivity contribution in [1.29, 1.82) is 5.26 Å². The van der Waals surface area contributed by atoms with E-state index >= 15 is 0 Å². The molecule has 0 atom stereocenters. The topological polar surface area (TPSA) is 61.2 Å². The minimum atomic E-state index is -3.69. The van der Waals surface area contributed by atoms with Crippen LogP contribution in [0.1, 0.15) is 18.1 Å². The molecule has 0 N–H and O–H groups in total. The number of hydrogen-bond donors (Lipinski definition) is 0. The summed E-state index contributed by atoms with van der Waals surface area (Å²) >= 11 is 0. The van der Waals surface area contributed by atoms with Gasteiger partial charge in [-0.15, -0.1) is 0 Å². The van der Waals surface area contributed by atoms with E-state index in [-0.39, 0.29) is 18.0 Å². The van der Waals surface area contributed by atoms with Crippen LogP contribution in [-0.2, 0) is 16.6 Å². The number of nitrogens with zero attached hydrogens (tertiary/aromatic N) is 2. The fraction of sp³-hybridized carbons (Fsp3) is 0.188. The summed E-state index contributed by atoms with van der Waals surface area (Å²) < 4.78 is 39.7. The highest BCUT2D eigenvalue weighted by Crippen LogP contribution is 2.19. The zero-order valence-corrected chi connectivity index (χ0v) is 12.8. The summed E-state index contributed by atoms with van der Waals surface area (Å²) in [5.41, 5.74) is 0.978. The maximum absolute atomic E-state index is 13.2. The van der Waals surface area contributed by atoms with E-state index < -0.39 is 15.8 Å². The van der Waals surface area contributed by atoms with Crippen molar-refractivity contribution in [2.24, 2.45) is 0 Å². The van der Waals surface area contributed by atoms with E-state index in [4.69, 9.17) is 5.26 Å². The molecule has 0 aliphatic heterocycles. The van der Waals surface area contributed by atoms with E-state index in [9.17, 15) is 12.8 Å². The molecule has 0 radical (unpaired) electrons. The number of rotatable bonds is 5. The Bertz CT molecular complexity index is 796. The standard InChI is InChI=1S/C16H15FN2O2S/c1-2-19(12-14-4-3-5-15(17)10-14)22(20,21)16-8-6-13(11-18)7-9-16/h3-10H,2,12H2,1H3. The molecule has 2 aromatic carbocycles.